The highest BCUT2D eigenvalue weighted by atomic mass is 19.4. The molecule has 37 heavy (non-hydrogen) atoms. The van der Waals surface area contributed by atoms with E-state index in [2.05, 4.69) is 10.3 Å². The molecule has 192 valence electrons. The van der Waals surface area contributed by atoms with Crippen LogP contribution in [0.1, 0.15) is 11.1 Å². The number of rotatable bonds is 2. The molecule has 2 aliphatic rings. The summed E-state index contributed by atoms with van der Waals surface area (Å²) in [4.78, 5) is 20.8. The summed E-state index contributed by atoms with van der Waals surface area (Å²) in [7, 11) is 1.51. The summed E-state index contributed by atoms with van der Waals surface area (Å²) in [5.74, 6) is 1.10. The number of urea groups is 1. The Morgan fingerprint density at radius 3 is 2.46 bits per heavy atom. The number of hydrogen-bond donors (Lipinski definition) is 1. The lowest BCUT2D eigenvalue weighted by atomic mass is 10.1. The SMILES string of the molecule is COc1ccc2c(c1)C(N1CCN(C(=O)Nc3cccc(F)c3)CC1)=Nc1cc(C(F)(F)F)ccc1O2. The molecule has 0 aliphatic carbocycles. The van der Waals surface area contributed by atoms with Gasteiger partial charge in [-0.1, -0.05) is 6.07 Å². The molecule has 0 radical (unpaired) electrons. The van der Waals surface area contributed by atoms with E-state index in [4.69, 9.17) is 9.47 Å². The maximum atomic E-state index is 13.5. The number of hydrogen-bond acceptors (Lipinski definition) is 5. The van der Waals surface area contributed by atoms with Crippen molar-refractivity contribution in [2.45, 2.75) is 6.18 Å². The third-order valence-corrected chi connectivity index (χ3v) is 6.10. The number of alkyl halides is 3. The first kappa shape index (κ1) is 24.4. The largest absolute Gasteiger partial charge is 0.497 e. The van der Waals surface area contributed by atoms with Crippen LogP contribution in [-0.4, -0.2) is 55.0 Å². The number of ether oxygens (including phenoxy) is 2. The summed E-state index contributed by atoms with van der Waals surface area (Å²) >= 11 is 0. The van der Waals surface area contributed by atoms with Crippen molar-refractivity contribution < 1.29 is 31.8 Å². The van der Waals surface area contributed by atoms with Crippen LogP contribution in [0.3, 0.4) is 0 Å². The minimum absolute atomic E-state index is 0.0475. The molecule has 0 bridgehead atoms. The number of nitrogens with zero attached hydrogens (tertiary/aromatic N) is 3. The lowest BCUT2D eigenvalue weighted by Gasteiger charge is -2.36. The average molecular weight is 514 g/mol. The molecule has 3 aromatic rings. The highest BCUT2D eigenvalue weighted by Crippen LogP contribution is 2.42. The molecular formula is C26H22F4N4O3. The van der Waals surface area contributed by atoms with E-state index in [0.717, 1.165) is 12.1 Å². The summed E-state index contributed by atoms with van der Waals surface area (Å²) in [5, 5.41) is 2.68. The second-order valence-electron chi connectivity index (χ2n) is 8.49. The van der Waals surface area contributed by atoms with Crippen molar-refractivity contribution >= 4 is 23.2 Å². The van der Waals surface area contributed by atoms with Crippen molar-refractivity contribution in [3.8, 4) is 17.2 Å². The van der Waals surface area contributed by atoms with Crippen LogP contribution < -0.4 is 14.8 Å². The number of fused-ring (bicyclic) bond motifs is 2. The first-order chi connectivity index (χ1) is 17.7. The Hall–Kier alpha value is -4.28. The summed E-state index contributed by atoms with van der Waals surface area (Å²) < 4.78 is 64.9. The second kappa shape index (κ2) is 9.64. The molecule has 3 aromatic carbocycles. The Morgan fingerprint density at radius 1 is 1.00 bits per heavy atom. The maximum Gasteiger partial charge on any atom is 0.416 e. The quantitative estimate of drug-likeness (QED) is 0.434. The number of amidine groups is 1. The Morgan fingerprint density at radius 2 is 1.76 bits per heavy atom. The Balaban J connectivity index is 1.42. The fraction of sp³-hybridized carbons (Fsp3) is 0.231. The Labute approximate surface area is 209 Å². The van der Waals surface area contributed by atoms with E-state index in [1.165, 1.54) is 31.4 Å². The number of amides is 2. The summed E-state index contributed by atoms with van der Waals surface area (Å²) in [6, 6.07) is 13.5. The molecule has 1 saturated heterocycles. The van der Waals surface area contributed by atoms with Crippen LogP contribution in [-0.2, 0) is 6.18 Å². The number of carbonyl (C=O) groups excluding carboxylic acids is 1. The van der Waals surface area contributed by atoms with Crippen LogP contribution in [0.2, 0.25) is 0 Å². The van der Waals surface area contributed by atoms with Crippen LogP contribution in [0.5, 0.6) is 17.2 Å². The van der Waals surface area contributed by atoms with Crippen LogP contribution >= 0.6 is 0 Å². The molecule has 1 fully saturated rings. The van der Waals surface area contributed by atoms with Gasteiger partial charge in [0.05, 0.1) is 18.2 Å². The number of aliphatic imine (C=N–C) groups is 1. The Kier molecular flexibility index (Phi) is 6.36. The van der Waals surface area contributed by atoms with Gasteiger partial charge in [-0.05, 0) is 54.6 Å². The van der Waals surface area contributed by atoms with Crippen molar-refractivity contribution in [2.75, 3.05) is 38.6 Å². The van der Waals surface area contributed by atoms with E-state index >= 15 is 0 Å². The zero-order valence-corrected chi connectivity index (χ0v) is 19.7. The maximum absolute atomic E-state index is 13.5. The van der Waals surface area contributed by atoms with Gasteiger partial charge in [-0.2, -0.15) is 13.2 Å². The molecular weight excluding hydrogens is 492 g/mol. The lowest BCUT2D eigenvalue weighted by molar-refractivity contribution is -0.137. The first-order valence-electron chi connectivity index (χ1n) is 11.4. The monoisotopic (exact) mass is 514 g/mol. The lowest BCUT2D eigenvalue weighted by Crippen LogP contribution is -2.51. The molecule has 5 rings (SSSR count). The summed E-state index contributed by atoms with van der Waals surface area (Å²) in [6.07, 6.45) is -4.53. The molecule has 0 atom stereocenters. The fourth-order valence-corrected chi connectivity index (χ4v) is 4.19. The highest BCUT2D eigenvalue weighted by molar-refractivity contribution is 6.04. The number of nitrogens with one attached hydrogen (secondary N) is 1. The normalized spacial score (nSPS) is 15.1. The van der Waals surface area contributed by atoms with Gasteiger partial charge < -0.3 is 24.6 Å². The van der Waals surface area contributed by atoms with Gasteiger partial charge in [0.15, 0.2) is 5.75 Å². The minimum atomic E-state index is -4.53. The molecule has 0 saturated carbocycles. The fourth-order valence-electron chi connectivity index (χ4n) is 4.19. The molecule has 2 amide bonds. The number of halogens is 4. The van der Waals surface area contributed by atoms with Crippen LogP contribution in [0.15, 0.2) is 65.7 Å². The summed E-state index contributed by atoms with van der Waals surface area (Å²) in [6.45, 7) is 1.35. The molecule has 1 N–H and O–H groups in total. The molecule has 0 unspecified atom stereocenters. The predicted octanol–water partition coefficient (Wildman–Crippen LogP) is 5.89. The number of carbonyl (C=O) groups is 1. The zero-order valence-electron chi connectivity index (χ0n) is 19.7. The Bertz CT molecular complexity index is 1370. The highest BCUT2D eigenvalue weighted by Gasteiger charge is 2.33. The number of benzene rings is 3. The summed E-state index contributed by atoms with van der Waals surface area (Å²) in [5.41, 5.74) is 0.115. The van der Waals surface area contributed by atoms with Crippen LogP contribution in [0, 0.1) is 5.82 Å². The van der Waals surface area contributed by atoms with Gasteiger partial charge in [0.25, 0.3) is 0 Å². The molecule has 7 nitrogen and oxygen atoms in total. The topological polar surface area (TPSA) is 66.4 Å². The van der Waals surface area contributed by atoms with E-state index in [1.54, 1.807) is 29.2 Å². The number of anilines is 1. The molecule has 11 heteroatoms. The van der Waals surface area contributed by atoms with E-state index in [-0.39, 0.29) is 17.5 Å². The standard InChI is InChI=1S/C26H22F4N4O3/c1-36-19-6-8-22-20(15-19)24(32-21-13-16(26(28,29)30)5-7-23(21)37-22)33-9-11-34(12-10-33)25(35)31-18-4-2-3-17(27)14-18/h2-8,13-15H,9-12H2,1H3,(H,31,35). The van der Waals surface area contributed by atoms with Gasteiger partial charge in [0.1, 0.15) is 28.8 Å². The van der Waals surface area contributed by atoms with Crippen molar-refractivity contribution in [2.24, 2.45) is 4.99 Å². The molecule has 0 spiro atoms. The van der Waals surface area contributed by atoms with Crippen LogP contribution in [0.25, 0.3) is 0 Å². The van der Waals surface area contributed by atoms with Crippen molar-refractivity contribution in [1.82, 2.24) is 9.80 Å². The van der Waals surface area contributed by atoms with E-state index in [1.807, 2.05) is 4.90 Å². The van der Waals surface area contributed by atoms with Gasteiger partial charge in [0.2, 0.25) is 0 Å². The van der Waals surface area contributed by atoms with Crippen molar-refractivity contribution in [1.29, 1.82) is 0 Å². The number of piperazine rings is 1. The average Bonchev–Trinajstić information content (AvgIpc) is 3.04. The van der Waals surface area contributed by atoms with Gasteiger partial charge in [0, 0.05) is 31.9 Å². The van der Waals surface area contributed by atoms with E-state index < -0.39 is 17.6 Å². The second-order valence-corrected chi connectivity index (χ2v) is 8.49. The smallest absolute Gasteiger partial charge is 0.416 e. The van der Waals surface area contributed by atoms with E-state index in [0.29, 0.717) is 54.8 Å². The zero-order chi connectivity index (χ0) is 26.2. The molecule has 2 aliphatic heterocycles. The third kappa shape index (κ3) is 5.16. The van der Waals surface area contributed by atoms with Crippen LogP contribution in [0.4, 0.5) is 33.7 Å². The van der Waals surface area contributed by atoms with Gasteiger partial charge in [-0.25, -0.2) is 14.2 Å². The third-order valence-electron chi connectivity index (χ3n) is 6.10. The van der Waals surface area contributed by atoms with Gasteiger partial charge in [-0.3, -0.25) is 0 Å². The van der Waals surface area contributed by atoms with E-state index in [9.17, 15) is 22.4 Å². The van der Waals surface area contributed by atoms with Crippen molar-refractivity contribution in [3.05, 3.63) is 77.6 Å². The number of methoxy groups -OCH3 is 1. The van der Waals surface area contributed by atoms with Gasteiger partial charge in [-0.15, -0.1) is 0 Å². The molecule has 0 aromatic heterocycles. The van der Waals surface area contributed by atoms with Gasteiger partial charge >= 0.3 is 12.2 Å². The minimum Gasteiger partial charge on any atom is -0.497 e. The first-order valence-corrected chi connectivity index (χ1v) is 11.4. The predicted molar refractivity (Wildman–Crippen MR) is 129 cm³/mol. The van der Waals surface area contributed by atoms with Crippen molar-refractivity contribution in [3.63, 3.8) is 0 Å². The molecule has 2 heterocycles.